The van der Waals surface area contributed by atoms with Crippen LogP contribution >= 0.6 is 11.6 Å². The van der Waals surface area contributed by atoms with Crippen LogP contribution in [0.15, 0.2) is 24.3 Å². The molecule has 0 radical (unpaired) electrons. The lowest BCUT2D eigenvalue weighted by Gasteiger charge is -2.32. The Kier molecular flexibility index (Phi) is 6.38. The quantitative estimate of drug-likeness (QED) is 0.705. The van der Waals surface area contributed by atoms with Crippen molar-refractivity contribution in [1.29, 1.82) is 0 Å². The molecule has 0 aliphatic heterocycles. The van der Waals surface area contributed by atoms with Gasteiger partial charge in [-0.1, -0.05) is 50.4 Å². The van der Waals surface area contributed by atoms with Crippen molar-refractivity contribution in [2.45, 2.75) is 70.9 Å². The molecule has 1 fully saturated rings. The molecule has 0 spiro atoms. The van der Waals surface area contributed by atoms with Gasteiger partial charge in [-0.15, -0.1) is 0 Å². The fourth-order valence-corrected chi connectivity index (χ4v) is 3.48. The maximum atomic E-state index is 6.00. The lowest BCUT2D eigenvalue weighted by atomic mass is 9.84. The van der Waals surface area contributed by atoms with Crippen LogP contribution in [0, 0.1) is 5.92 Å². The van der Waals surface area contributed by atoms with Crippen LogP contribution < -0.4 is 5.32 Å². The first-order valence-electron chi connectivity index (χ1n) is 8.24. The van der Waals surface area contributed by atoms with Gasteiger partial charge in [0, 0.05) is 17.1 Å². The smallest absolute Gasteiger partial charge is 0.0406 e. The summed E-state index contributed by atoms with van der Waals surface area (Å²) in [7, 11) is 0. The minimum absolute atomic E-state index is 0.487. The van der Waals surface area contributed by atoms with Gasteiger partial charge in [0.25, 0.3) is 0 Å². The van der Waals surface area contributed by atoms with Crippen LogP contribution in [-0.2, 0) is 0 Å². The van der Waals surface area contributed by atoms with Gasteiger partial charge in [-0.05, 0) is 55.7 Å². The van der Waals surface area contributed by atoms with Gasteiger partial charge in [0.15, 0.2) is 0 Å². The highest BCUT2D eigenvalue weighted by atomic mass is 35.5. The van der Waals surface area contributed by atoms with Crippen molar-refractivity contribution in [3.8, 4) is 0 Å². The van der Waals surface area contributed by atoms with Gasteiger partial charge < -0.3 is 5.32 Å². The molecule has 1 aromatic rings. The molecule has 2 heteroatoms. The van der Waals surface area contributed by atoms with Crippen LogP contribution in [-0.4, -0.2) is 6.04 Å². The molecule has 1 atom stereocenters. The van der Waals surface area contributed by atoms with Crippen molar-refractivity contribution in [2.75, 3.05) is 0 Å². The number of nitrogens with one attached hydrogen (secondary N) is 1. The molecular formula is C18H28ClN. The maximum Gasteiger partial charge on any atom is 0.0406 e. The average Bonchev–Trinajstić information content (AvgIpc) is 2.48. The molecule has 0 amide bonds. The summed E-state index contributed by atoms with van der Waals surface area (Å²) in [5.41, 5.74) is 1.38. The Labute approximate surface area is 129 Å². The van der Waals surface area contributed by atoms with Gasteiger partial charge in [-0.2, -0.15) is 0 Å². The highest BCUT2D eigenvalue weighted by molar-refractivity contribution is 6.30. The zero-order chi connectivity index (χ0) is 14.4. The van der Waals surface area contributed by atoms with E-state index in [0.717, 1.165) is 10.9 Å². The maximum absolute atomic E-state index is 6.00. The van der Waals surface area contributed by atoms with Gasteiger partial charge >= 0.3 is 0 Å². The largest absolute Gasteiger partial charge is 0.307 e. The molecule has 112 valence electrons. The predicted octanol–water partition coefficient (Wildman–Crippen LogP) is 5.74. The molecule has 0 heterocycles. The standard InChI is InChI=1S/C18H28ClN/c1-3-5-18(15-8-10-16(19)11-9-15)20-17-12-6-14(4-2)7-13-17/h8-11,14,17-18,20H,3-7,12-13H2,1-2H3. The summed E-state index contributed by atoms with van der Waals surface area (Å²) < 4.78 is 0. The lowest BCUT2D eigenvalue weighted by Crippen LogP contribution is -2.36. The van der Waals surface area contributed by atoms with E-state index in [2.05, 4.69) is 31.3 Å². The molecule has 1 aliphatic rings. The number of halogens is 1. The number of hydrogen-bond acceptors (Lipinski definition) is 1. The third-order valence-electron chi connectivity index (χ3n) is 4.71. The first-order valence-corrected chi connectivity index (χ1v) is 8.62. The van der Waals surface area contributed by atoms with Crippen LogP contribution in [0.5, 0.6) is 0 Å². The van der Waals surface area contributed by atoms with Crippen molar-refractivity contribution in [2.24, 2.45) is 5.92 Å². The number of rotatable bonds is 6. The Morgan fingerprint density at radius 2 is 1.75 bits per heavy atom. The van der Waals surface area contributed by atoms with Crippen LogP contribution in [0.3, 0.4) is 0 Å². The predicted molar refractivity (Wildman–Crippen MR) is 88.3 cm³/mol. The summed E-state index contributed by atoms with van der Waals surface area (Å²) in [6.07, 6.45) is 9.24. The van der Waals surface area contributed by atoms with E-state index in [1.165, 1.54) is 50.5 Å². The Hall–Kier alpha value is -0.530. The normalized spacial score (nSPS) is 24.6. The van der Waals surface area contributed by atoms with Crippen LogP contribution in [0.25, 0.3) is 0 Å². The molecule has 0 bridgehead atoms. The van der Waals surface area contributed by atoms with Crippen molar-refractivity contribution < 1.29 is 0 Å². The molecule has 1 N–H and O–H groups in total. The fraction of sp³-hybridized carbons (Fsp3) is 0.667. The molecule has 1 nitrogen and oxygen atoms in total. The zero-order valence-electron chi connectivity index (χ0n) is 12.9. The Balaban J connectivity index is 1.94. The highest BCUT2D eigenvalue weighted by Gasteiger charge is 2.22. The third kappa shape index (κ3) is 4.49. The summed E-state index contributed by atoms with van der Waals surface area (Å²) in [5, 5.41) is 4.72. The van der Waals surface area contributed by atoms with Crippen LogP contribution in [0.1, 0.15) is 70.4 Å². The van der Waals surface area contributed by atoms with E-state index in [1.54, 1.807) is 0 Å². The van der Waals surface area contributed by atoms with Gasteiger partial charge in [0.05, 0.1) is 0 Å². The lowest BCUT2D eigenvalue weighted by molar-refractivity contribution is 0.265. The molecule has 1 unspecified atom stereocenters. The first kappa shape index (κ1) is 15.9. The average molecular weight is 294 g/mol. The summed E-state index contributed by atoms with van der Waals surface area (Å²) in [4.78, 5) is 0. The van der Waals surface area contributed by atoms with Crippen LogP contribution in [0.4, 0.5) is 0 Å². The third-order valence-corrected chi connectivity index (χ3v) is 4.96. The molecule has 1 aliphatic carbocycles. The molecule has 0 saturated heterocycles. The molecule has 0 aromatic heterocycles. The summed E-state index contributed by atoms with van der Waals surface area (Å²) >= 11 is 6.00. The summed E-state index contributed by atoms with van der Waals surface area (Å²) in [6.45, 7) is 4.59. The van der Waals surface area contributed by atoms with E-state index in [9.17, 15) is 0 Å². The van der Waals surface area contributed by atoms with E-state index < -0.39 is 0 Å². The second-order valence-electron chi connectivity index (χ2n) is 6.19. The minimum Gasteiger partial charge on any atom is -0.307 e. The van der Waals surface area contributed by atoms with E-state index in [-0.39, 0.29) is 0 Å². The monoisotopic (exact) mass is 293 g/mol. The summed E-state index contributed by atoms with van der Waals surface area (Å²) in [5.74, 6) is 0.966. The molecule has 1 aromatic carbocycles. The first-order chi connectivity index (χ1) is 9.72. The van der Waals surface area contributed by atoms with E-state index in [1.807, 2.05) is 12.1 Å². The summed E-state index contributed by atoms with van der Waals surface area (Å²) in [6, 6.07) is 9.55. The van der Waals surface area contributed by atoms with Crippen molar-refractivity contribution in [3.05, 3.63) is 34.9 Å². The number of hydrogen-bond donors (Lipinski definition) is 1. The Bertz CT molecular complexity index is 379. The van der Waals surface area contributed by atoms with Crippen molar-refractivity contribution in [1.82, 2.24) is 5.32 Å². The van der Waals surface area contributed by atoms with Crippen molar-refractivity contribution in [3.63, 3.8) is 0 Å². The molecular weight excluding hydrogens is 266 g/mol. The zero-order valence-corrected chi connectivity index (χ0v) is 13.6. The van der Waals surface area contributed by atoms with Gasteiger partial charge in [0.2, 0.25) is 0 Å². The van der Waals surface area contributed by atoms with E-state index >= 15 is 0 Å². The Morgan fingerprint density at radius 3 is 2.30 bits per heavy atom. The number of benzene rings is 1. The topological polar surface area (TPSA) is 12.0 Å². The van der Waals surface area contributed by atoms with E-state index in [0.29, 0.717) is 12.1 Å². The van der Waals surface area contributed by atoms with Gasteiger partial charge in [-0.25, -0.2) is 0 Å². The molecule has 20 heavy (non-hydrogen) atoms. The molecule has 1 saturated carbocycles. The molecule has 2 rings (SSSR count). The Morgan fingerprint density at radius 1 is 1.10 bits per heavy atom. The van der Waals surface area contributed by atoms with Gasteiger partial charge in [0.1, 0.15) is 0 Å². The second-order valence-corrected chi connectivity index (χ2v) is 6.62. The van der Waals surface area contributed by atoms with E-state index in [4.69, 9.17) is 11.6 Å². The highest BCUT2D eigenvalue weighted by Crippen LogP contribution is 2.29. The second kappa shape index (κ2) is 8.05. The van der Waals surface area contributed by atoms with Crippen LogP contribution in [0.2, 0.25) is 5.02 Å². The SMILES string of the molecule is CCCC(NC1CCC(CC)CC1)c1ccc(Cl)cc1. The fourth-order valence-electron chi connectivity index (χ4n) is 3.35. The van der Waals surface area contributed by atoms with Crippen molar-refractivity contribution >= 4 is 11.6 Å². The minimum atomic E-state index is 0.487. The van der Waals surface area contributed by atoms with Gasteiger partial charge in [-0.3, -0.25) is 0 Å².